The van der Waals surface area contributed by atoms with Crippen molar-refractivity contribution in [2.45, 2.75) is 5.92 Å². The highest BCUT2D eigenvalue weighted by Crippen LogP contribution is 2.31. The molecule has 1 unspecified atom stereocenters. The Balaban J connectivity index is 2.19. The molecule has 3 aromatic rings. The minimum Gasteiger partial charge on any atom is -0.468 e. The van der Waals surface area contributed by atoms with Crippen LogP contribution in [0.15, 0.2) is 48.7 Å². The van der Waals surface area contributed by atoms with Crippen LogP contribution in [-0.4, -0.2) is 32.6 Å². The predicted octanol–water partition coefficient (Wildman–Crippen LogP) is 1.94. The molecule has 23 heavy (non-hydrogen) atoms. The summed E-state index contributed by atoms with van der Waals surface area (Å²) < 4.78 is 6.30. The van der Waals surface area contributed by atoms with Gasteiger partial charge < -0.3 is 4.74 Å². The van der Waals surface area contributed by atoms with Crippen LogP contribution in [0.5, 0.6) is 0 Å². The van der Waals surface area contributed by atoms with E-state index in [2.05, 4.69) is 10.1 Å². The molecule has 0 aliphatic rings. The number of fused-ring (bicyclic) bond motifs is 1. The largest absolute Gasteiger partial charge is 0.468 e. The van der Waals surface area contributed by atoms with Crippen LogP contribution in [0.3, 0.4) is 0 Å². The molecule has 0 bridgehead atoms. The van der Waals surface area contributed by atoms with E-state index in [4.69, 9.17) is 4.74 Å². The number of hydrogen-bond acceptors (Lipinski definition) is 6. The number of pyridine rings is 1. The number of benzene rings is 1. The molecule has 0 N–H and O–H groups in total. The van der Waals surface area contributed by atoms with Gasteiger partial charge in [-0.3, -0.25) is 14.9 Å². The van der Waals surface area contributed by atoms with E-state index in [0.717, 1.165) is 0 Å². The number of rotatable bonds is 4. The van der Waals surface area contributed by atoms with E-state index in [1.54, 1.807) is 30.5 Å². The van der Waals surface area contributed by atoms with Gasteiger partial charge in [0.1, 0.15) is 0 Å². The summed E-state index contributed by atoms with van der Waals surface area (Å²) in [5.41, 5.74) is 0.553. The Morgan fingerprint density at radius 1 is 1.26 bits per heavy atom. The van der Waals surface area contributed by atoms with E-state index >= 15 is 0 Å². The molecule has 1 aromatic carbocycles. The van der Waals surface area contributed by atoms with Crippen molar-refractivity contribution in [3.05, 3.63) is 70.2 Å². The molecule has 8 heteroatoms. The van der Waals surface area contributed by atoms with Gasteiger partial charge in [0.05, 0.1) is 17.6 Å². The minimum absolute atomic E-state index is 0.150. The molecule has 2 heterocycles. The Labute approximate surface area is 130 Å². The molecule has 1 atom stereocenters. The summed E-state index contributed by atoms with van der Waals surface area (Å²) in [6, 6.07) is 11.3. The SMILES string of the molecule is COC(=O)C(c1nc2ccccn2n1)c1ccccc1[N+](=O)[O-]. The monoisotopic (exact) mass is 312 g/mol. The number of carbonyl (C=O) groups excluding carboxylic acids is 1. The van der Waals surface area contributed by atoms with Crippen LogP contribution < -0.4 is 0 Å². The molecule has 8 nitrogen and oxygen atoms in total. The van der Waals surface area contributed by atoms with Gasteiger partial charge in [-0.1, -0.05) is 24.3 Å². The van der Waals surface area contributed by atoms with Crippen molar-refractivity contribution < 1.29 is 14.5 Å². The number of nitrogens with zero attached hydrogens (tertiary/aromatic N) is 4. The third-order valence-electron chi connectivity index (χ3n) is 3.40. The Bertz CT molecular complexity index is 857. The number of aromatic nitrogens is 3. The lowest BCUT2D eigenvalue weighted by molar-refractivity contribution is -0.385. The first kappa shape index (κ1) is 14.6. The maximum Gasteiger partial charge on any atom is 0.321 e. The van der Waals surface area contributed by atoms with Crippen molar-refractivity contribution in [3.63, 3.8) is 0 Å². The van der Waals surface area contributed by atoms with E-state index in [1.807, 2.05) is 0 Å². The molecule has 0 amide bonds. The van der Waals surface area contributed by atoms with Gasteiger partial charge in [0.25, 0.3) is 5.69 Å². The van der Waals surface area contributed by atoms with E-state index in [9.17, 15) is 14.9 Å². The fourth-order valence-corrected chi connectivity index (χ4v) is 2.36. The highest BCUT2D eigenvalue weighted by atomic mass is 16.6. The molecule has 0 aliphatic heterocycles. The summed E-state index contributed by atoms with van der Waals surface area (Å²) in [6.45, 7) is 0. The smallest absolute Gasteiger partial charge is 0.321 e. The number of hydrogen-bond donors (Lipinski definition) is 0. The normalized spacial score (nSPS) is 12.0. The van der Waals surface area contributed by atoms with Gasteiger partial charge in [-0.25, -0.2) is 9.50 Å². The summed E-state index contributed by atoms with van der Waals surface area (Å²) in [7, 11) is 1.22. The zero-order chi connectivity index (χ0) is 16.4. The first-order valence-corrected chi connectivity index (χ1v) is 6.74. The lowest BCUT2D eigenvalue weighted by atomic mass is 9.96. The molecule has 0 aliphatic carbocycles. The average molecular weight is 312 g/mol. The van der Waals surface area contributed by atoms with Gasteiger partial charge in [0.15, 0.2) is 17.4 Å². The molecule has 0 spiro atoms. The lowest BCUT2D eigenvalue weighted by Gasteiger charge is -2.11. The molecular weight excluding hydrogens is 300 g/mol. The van der Waals surface area contributed by atoms with E-state index in [0.29, 0.717) is 5.65 Å². The zero-order valence-electron chi connectivity index (χ0n) is 12.1. The van der Waals surface area contributed by atoms with Gasteiger partial charge >= 0.3 is 5.97 Å². The number of esters is 1. The van der Waals surface area contributed by atoms with Crippen LogP contribution in [-0.2, 0) is 9.53 Å². The van der Waals surface area contributed by atoms with Crippen molar-refractivity contribution in [2.24, 2.45) is 0 Å². The van der Waals surface area contributed by atoms with E-state index in [-0.39, 0.29) is 17.1 Å². The highest BCUT2D eigenvalue weighted by Gasteiger charge is 2.33. The van der Waals surface area contributed by atoms with Crippen LogP contribution in [0.1, 0.15) is 17.3 Å². The fourth-order valence-electron chi connectivity index (χ4n) is 2.36. The van der Waals surface area contributed by atoms with Crippen molar-refractivity contribution in [2.75, 3.05) is 7.11 Å². The Morgan fingerprint density at radius 3 is 2.70 bits per heavy atom. The van der Waals surface area contributed by atoms with Crippen LogP contribution in [0.25, 0.3) is 5.65 Å². The second-order valence-electron chi connectivity index (χ2n) is 4.75. The number of nitro benzene ring substituents is 1. The molecule has 3 rings (SSSR count). The Morgan fingerprint density at radius 2 is 2.00 bits per heavy atom. The van der Waals surface area contributed by atoms with Gasteiger partial charge in [-0.05, 0) is 12.1 Å². The molecule has 0 fully saturated rings. The fraction of sp³-hybridized carbons (Fsp3) is 0.133. The van der Waals surface area contributed by atoms with Gasteiger partial charge in [0.2, 0.25) is 0 Å². The third-order valence-corrected chi connectivity index (χ3v) is 3.40. The standard InChI is InChI=1S/C15H12N4O4/c1-23-15(20)13(10-6-2-3-7-11(10)19(21)22)14-16-12-8-4-5-9-18(12)17-14/h2-9,13H,1H3. The summed E-state index contributed by atoms with van der Waals surface area (Å²) in [4.78, 5) is 27.2. The van der Waals surface area contributed by atoms with Gasteiger partial charge in [-0.2, -0.15) is 0 Å². The number of para-hydroxylation sites is 1. The minimum atomic E-state index is -1.07. The Kier molecular flexibility index (Phi) is 3.71. The van der Waals surface area contributed by atoms with E-state index < -0.39 is 16.8 Å². The molecular formula is C15H12N4O4. The van der Waals surface area contributed by atoms with E-state index in [1.165, 1.54) is 29.8 Å². The van der Waals surface area contributed by atoms with Crippen molar-refractivity contribution in [1.29, 1.82) is 0 Å². The topological polar surface area (TPSA) is 99.6 Å². The van der Waals surface area contributed by atoms with Gasteiger partial charge in [-0.15, -0.1) is 5.10 Å². The first-order valence-electron chi connectivity index (χ1n) is 6.74. The first-order chi connectivity index (χ1) is 11.1. The van der Waals surface area contributed by atoms with Crippen LogP contribution in [0.2, 0.25) is 0 Å². The predicted molar refractivity (Wildman–Crippen MR) is 79.9 cm³/mol. The summed E-state index contributed by atoms with van der Waals surface area (Å²) >= 11 is 0. The summed E-state index contributed by atoms with van der Waals surface area (Å²) in [5.74, 6) is -1.57. The molecule has 0 saturated heterocycles. The van der Waals surface area contributed by atoms with Crippen LogP contribution >= 0.6 is 0 Å². The quantitative estimate of drug-likeness (QED) is 0.414. The zero-order valence-corrected chi connectivity index (χ0v) is 12.1. The Hall–Kier alpha value is -3.29. The molecule has 116 valence electrons. The molecule has 0 saturated carbocycles. The van der Waals surface area contributed by atoms with Crippen molar-refractivity contribution in [3.8, 4) is 0 Å². The maximum atomic E-state index is 12.2. The summed E-state index contributed by atoms with van der Waals surface area (Å²) in [6.07, 6.45) is 1.68. The summed E-state index contributed by atoms with van der Waals surface area (Å²) in [5, 5.41) is 15.5. The maximum absolute atomic E-state index is 12.2. The van der Waals surface area contributed by atoms with Crippen LogP contribution in [0, 0.1) is 10.1 Å². The number of methoxy groups -OCH3 is 1. The van der Waals surface area contributed by atoms with Crippen molar-refractivity contribution >= 4 is 17.3 Å². The second-order valence-corrected chi connectivity index (χ2v) is 4.75. The molecule has 0 radical (unpaired) electrons. The van der Waals surface area contributed by atoms with Crippen LogP contribution in [0.4, 0.5) is 5.69 Å². The number of carbonyl (C=O) groups is 1. The second kappa shape index (κ2) is 5.84. The average Bonchev–Trinajstić information content (AvgIpc) is 2.98. The van der Waals surface area contributed by atoms with Gasteiger partial charge in [0, 0.05) is 12.3 Å². The lowest BCUT2D eigenvalue weighted by Crippen LogP contribution is -2.18. The number of ether oxygens (including phenoxy) is 1. The van der Waals surface area contributed by atoms with Crippen molar-refractivity contribution in [1.82, 2.24) is 14.6 Å². The third kappa shape index (κ3) is 2.61. The molecule has 2 aromatic heterocycles. The number of nitro groups is 1. The highest BCUT2D eigenvalue weighted by molar-refractivity contribution is 5.82.